The van der Waals surface area contributed by atoms with Crippen LogP contribution in [0.25, 0.3) is 0 Å². The first-order valence-electron chi connectivity index (χ1n) is 6.30. The number of halogens is 2. The van der Waals surface area contributed by atoms with Gasteiger partial charge in [-0.15, -0.1) is 0 Å². The van der Waals surface area contributed by atoms with E-state index >= 15 is 0 Å². The zero-order valence-corrected chi connectivity index (χ0v) is 11.8. The van der Waals surface area contributed by atoms with Crippen LogP contribution in [-0.2, 0) is 0 Å². The fourth-order valence-electron chi connectivity index (χ4n) is 2.10. The minimum absolute atomic E-state index is 0.0572. The third kappa shape index (κ3) is 2.93. The van der Waals surface area contributed by atoms with Gasteiger partial charge in [0.25, 0.3) is 0 Å². The fraction of sp³-hybridized carbons (Fsp3) is 0.200. The van der Waals surface area contributed by atoms with E-state index in [1.165, 1.54) is 6.07 Å². The van der Waals surface area contributed by atoms with Crippen molar-refractivity contribution in [2.75, 3.05) is 6.61 Å². The second-order valence-corrected chi connectivity index (χ2v) is 4.59. The van der Waals surface area contributed by atoms with E-state index < -0.39 is 11.9 Å². The molecular weight excluding hydrogens is 279 g/mol. The lowest BCUT2D eigenvalue weighted by molar-refractivity contribution is 0.333. The van der Waals surface area contributed by atoms with E-state index in [4.69, 9.17) is 22.2 Å². The number of hydrazine groups is 1. The number of nitrogens with two attached hydrogens (primary N) is 1. The molecule has 0 radical (unpaired) electrons. The molecule has 5 heteroatoms. The lowest BCUT2D eigenvalue weighted by Gasteiger charge is -2.21. The molecule has 3 N–H and O–H groups in total. The lowest BCUT2D eigenvalue weighted by atomic mass is 9.98. The predicted molar refractivity (Wildman–Crippen MR) is 78.2 cm³/mol. The normalized spacial score (nSPS) is 12.2. The average Bonchev–Trinajstić information content (AvgIpc) is 2.46. The summed E-state index contributed by atoms with van der Waals surface area (Å²) in [6.45, 7) is 2.43. The van der Waals surface area contributed by atoms with Crippen LogP contribution in [0.2, 0.25) is 5.02 Å². The molecule has 1 atom stereocenters. The van der Waals surface area contributed by atoms with Gasteiger partial charge < -0.3 is 4.74 Å². The molecule has 106 valence electrons. The number of para-hydroxylation sites is 1. The molecule has 2 aromatic carbocycles. The van der Waals surface area contributed by atoms with Crippen molar-refractivity contribution < 1.29 is 9.13 Å². The molecule has 2 rings (SSSR count). The maximum atomic E-state index is 13.6. The van der Waals surface area contributed by atoms with Crippen molar-refractivity contribution in [2.24, 2.45) is 5.84 Å². The van der Waals surface area contributed by atoms with Crippen molar-refractivity contribution in [3.05, 3.63) is 64.4 Å². The van der Waals surface area contributed by atoms with Crippen molar-refractivity contribution in [1.29, 1.82) is 0 Å². The summed E-state index contributed by atoms with van der Waals surface area (Å²) in [5.41, 5.74) is 4.05. The fourth-order valence-corrected chi connectivity index (χ4v) is 2.33. The number of nitrogens with one attached hydrogen (secondary N) is 1. The van der Waals surface area contributed by atoms with E-state index in [2.05, 4.69) is 5.43 Å². The van der Waals surface area contributed by atoms with Gasteiger partial charge in [0.2, 0.25) is 0 Å². The summed E-state index contributed by atoms with van der Waals surface area (Å²) in [7, 11) is 0. The molecule has 0 aliphatic heterocycles. The molecular formula is C15H16ClFN2O. The summed E-state index contributed by atoms with van der Waals surface area (Å²) in [5.74, 6) is 5.85. The standard InChI is InChI=1S/C15H16ClFN2O/c1-2-20-13-9-4-3-6-10(13)15(19-18)11-7-5-8-12(17)14(11)16/h3-9,15,19H,2,18H2,1H3. The molecule has 0 spiro atoms. The third-order valence-electron chi connectivity index (χ3n) is 2.99. The van der Waals surface area contributed by atoms with E-state index in [1.54, 1.807) is 12.1 Å². The summed E-state index contributed by atoms with van der Waals surface area (Å²) in [6.07, 6.45) is 0. The van der Waals surface area contributed by atoms with Crippen LogP contribution in [0.4, 0.5) is 4.39 Å². The molecule has 0 aromatic heterocycles. The number of rotatable bonds is 5. The zero-order chi connectivity index (χ0) is 14.5. The SMILES string of the molecule is CCOc1ccccc1C(NN)c1cccc(F)c1Cl. The molecule has 0 amide bonds. The molecule has 0 saturated carbocycles. The largest absolute Gasteiger partial charge is 0.494 e. The van der Waals surface area contributed by atoms with Crippen LogP contribution < -0.4 is 16.0 Å². The van der Waals surface area contributed by atoms with Gasteiger partial charge in [0.1, 0.15) is 11.6 Å². The maximum Gasteiger partial charge on any atom is 0.142 e. The van der Waals surface area contributed by atoms with Crippen LogP contribution in [0, 0.1) is 5.82 Å². The first-order chi connectivity index (χ1) is 9.69. The van der Waals surface area contributed by atoms with Crippen LogP contribution >= 0.6 is 11.6 Å². The minimum Gasteiger partial charge on any atom is -0.494 e. The summed E-state index contributed by atoms with van der Waals surface area (Å²) >= 11 is 6.03. The van der Waals surface area contributed by atoms with Crippen LogP contribution in [0.15, 0.2) is 42.5 Å². The van der Waals surface area contributed by atoms with Gasteiger partial charge in [0.05, 0.1) is 17.7 Å². The Morgan fingerprint density at radius 2 is 1.90 bits per heavy atom. The molecule has 2 aromatic rings. The van der Waals surface area contributed by atoms with Crippen molar-refractivity contribution in [3.63, 3.8) is 0 Å². The highest BCUT2D eigenvalue weighted by molar-refractivity contribution is 6.31. The molecule has 20 heavy (non-hydrogen) atoms. The molecule has 0 aliphatic carbocycles. The number of hydrogen-bond donors (Lipinski definition) is 2. The highest BCUT2D eigenvalue weighted by atomic mass is 35.5. The van der Waals surface area contributed by atoms with Gasteiger partial charge in [-0.1, -0.05) is 41.9 Å². The van der Waals surface area contributed by atoms with E-state index in [-0.39, 0.29) is 5.02 Å². The molecule has 0 bridgehead atoms. The minimum atomic E-state index is -0.474. The molecule has 3 nitrogen and oxygen atoms in total. The van der Waals surface area contributed by atoms with E-state index in [0.717, 1.165) is 5.56 Å². The lowest BCUT2D eigenvalue weighted by Crippen LogP contribution is -2.29. The molecule has 0 fully saturated rings. The average molecular weight is 295 g/mol. The van der Waals surface area contributed by atoms with Gasteiger partial charge in [-0.05, 0) is 24.6 Å². The smallest absolute Gasteiger partial charge is 0.142 e. The Morgan fingerprint density at radius 1 is 1.20 bits per heavy atom. The Morgan fingerprint density at radius 3 is 2.60 bits per heavy atom. The molecule has 0 aliphatic rings. The Hall–Kier alpha value is -1.62. The Kier molecular flexibility index (Phi) is 4.95. The number of benzene rings is 2. The predicted octanol–water partition coefficient (Wildman–Crippen LogP) is 3.43. The van der Waals surface area contributed by atoms with Crippen molar-refractivity contribution >= 4 is 11.6 Å². The molecule has 0 heterocycles. The van der Waals surface area contributed by atoms with Crippen LogP contribution in [0.5, 0.6) is 5.75 Å². The molecule has 0 saturated heterocycles. The van der Waals surface area contributed by atoms with Gasteiger partial charge in [-0.25, -0.2) is 9.82 Å². The Balaban J connectivity index is 2.50. The molecule has 1 unspecified atom stereocenters. The quantitative estimate of drug-likeness (QED) is 0.656. The van der Waals surface area contributed by atoms with Crippen LogP contribution in [0.3, 0.4) is 0 Å². The van der Waals surface area contributed by atoms with Crippen LogP contribution in [-0.4, -0.2) is 6.61 Å². The van der Waals surface area contributed by atoms with Gasteiger partial charge in [0, 0.05) is 5.56 Å². The van der Waals surface area contributed by atoms with Crippen LogP contribution in [0.1, 0.15) is 24.1 Å². The first kappa shape index (κ1) is 14.8. The van der Waals surface area contributed by atoms with Crippen molar-refractivity contribution in [3.8, 4) is 5.75 Å². The summed E-state index contributed by atoms with van der Waals surface area (Å²) in [6, 6.07) is 11.7. The van der Waals surface area contributed by atoms with E-state index in [1.807, 2.05) is 31.2 Å². The monoisotopic (exact) mass is 294 g/mol. The third-order valence-corrected chi connectivity index (χ3v) is 3.39. The van der Waals surface area contributed by atoms with E-state index in [9.17, 15) is 4.39 Å². The highest BCUT2D eigenvalue weighted by Crippen LogP contribution is 2.34. The number of ether oxygens (including phenoxy) is 1. The van der Waals surface area contributed by atoms with E-state index in [0.29, 0.717) is 17.9 Å². The first-order valence-corrected chi connectivity index (χ1v) is 6.68. The zero-order valence-electron chi connectivity index (χ0n) is 11.1. The second kappa shape index (κ2) is 6.70. The summed E-state index contributed by atoms with van der Waals surface area (Å²) in [5, 5.41) is 0.0572. The van der Waals surface area contributed by atoms with Gasteiger partial charge in [-0.2, -0.15) is 0 Å². The Labute approximate surface area is 122 Å². The number of hydrogen-bond acceptors (Lipinski definition) is 3. The summed E-state index contributed by atoms with van der Waals surface area (Å²) in [4.78, 5) is 0. The topological polar surface area (TPSA) is 47.3 Å². The van der Waals surface area contributed by atoms with Gasteiger partial charge >= 0.3 is 0 Å². The summed E-state index contributed by atoms with van der Waals surface area (Å²) < 4.78 is 19.2. The second-order valence-electron chi connectivity index (χ2n) is 4.21. The Bertz CT molecular complexity index is 592. The van der Waals surface area contributed by atoms with Gasteiger partial charge in [0.15, 0.2) is 0 Å². The maximum absolute atomic E-state index is 13.6. The van der Waals surface area contributed by atoms with Crippen molar-refractivity contribution in [2.45, 2.75) is 13.0 Å². The highest BCUT2D eigenvalue weighted by Gasteiger charge is 2.20. The van der Waals surface area contributed by atoms with Crippen molar-refractivity contribution in [1.82, 2.24) is 5.43 Å². The van der Waals surface area contributed by atoms with Gasteiger partial charge in [-0.3, -0.25) is 5.84 Å².